The molecule has 2 aliphatic rings. The van der Waals surface area contributed by atoms with Crippen molar-refractivity contribution in [2.45, 2.75) is 31.7 Å². The maximum atomic E-state index is 12.7. The highest BCUT2D eigenvalue weighted by atomic mass is 32.2. The molecule has 2 fully saturated rings. The molecule has 3 heterocycles. The van der Waals surface area contributed by atoms with Gasteiger partial charge in [-0.05, 0) is 50.3 Å². The number of hydrogen-bond donors (Lipinski definition) is 0. The smallest absolute Gasteiger partial charge is 0.261 e. The Morgan fingerprint density at radius 3 is 2.65 bits per heavy atom. The van der Waals surface area contributed by atoms with Crippen LogP contribution in [0.2, 0.25) is 0 Å². The molecule has 1 aromatic carbocycles. The van der Waals surface area contributed by atoms with Gasteiger partial charge in [0, 0.05) is 13.6 Å². The minimum Gasteiger partial charge on any atom is -0.298 e. The van der Waals surface area contributed by atoms with Gasteiger partial charge in [0.25, 0.3) is 5.56 Å². The monoisotopic (exact) mass is 375 g/mol. The summed E-state index contributed by atoms with van der Waals surface area (Å²) in [6, 6.07) is 7.63. The first kappa shape index (κ1) is 17.7. The van der Waals surface area contributed by atoms with E-state index in [4.69, 9.17) is 4.98 Å². The third-order valence-corrected chi connectivity index (χ3v) is 7.56. The van der Waals surface area contributed by atoms with E-state index in [-0.39, 0.29) is 11.6 Å². The number of nitrogens with zero attached hydrogens (tertiary/aromatic N) is 3. The maximum absolute atomic E-state index is 12.7. The van der Waals surface area contributed by atoms with Crippen LogP contribution in [0.3, 0.4) is 0 Å². The van der Waals surface area contributed by atoms with Gasteiger partial charge in [-0.1, -0.05) is 12.1 Å². The summed E-state index contributed by atoms with van der Waals surface area (Å²) in [6.07, 6.45) is 3.56. The molecule has 0 spiro atoms. The van der Waals surface area contributed by atoms with Crippen molar-refractivity contribution in [1.82, 2.24) is 14.5 Å². The highest BCUT2D eigenvalue weighted by Crippen LogP contribution is 2.33. The molecule has 2 saturated heterocycles. The van der Waals surface area contributed by atoms with Crippen LogP contribution in [0.5, 0.6) is 0 Å². The average Bonchev–Trinajstić information content (AvgIpc) is 3.08. The van der Waals surface area contributed by atoms with Crippen molar-refractivity contribution in [3.05, 3.63) is 40.4 Å². The highest BCUT2D eigenvalue weighted by Gasteiger charge is 2.33. The minimum atomic E-state index is -2.83. The largest absolute Gasteiger partial charge is 0.298 e. The van der Waals surface area contributed by atoms with Crippen molar-refractivity contribution in [2.75, 3.05) is 24.6 Å². The van der Waals surface area contributed by atoms with E-state index >= 15 is 0 Å². The number of aromatic nitrogens is 2. The van der Waals surface area contributed by atoms with E-state index in [0.717, 1.165) is 50.1 Å². The standard InChI is InChI=1S/C19H25N3O3S/c1-21-18(20-16-6-3-2-5-15(16)19(21)23)17-7-4-10-22(17)13-14-8-11-26(24,25)12-9-14/h2-3,5-6,14,17H,4,7-13H2,1H3. The zero-order chi connectivity index (χ0) is 18.3. The van der Waals surface area contributed by atoms with Gasteiger partial charge in [-0.2, -0.15) is 0 Å². The molecule has 0 bridgehead atoms. The van der Waals surface area contributed by atoms with E-state index < -0.39 is 9.84 Å². The van der Waals surface area contributed by atoms with Crippen molar-refractivity contribution < 1.29 is 8.42 Å². The second-order valence-corrected chi connectivity index (χ2v) is 9.90. The second kappa shape index (κ2) is 6.78. The zero-order valence-electron chi connectivity index (χ0n) is 15.1. The molecule has 4 rings (SSSR count). The number of likely N-dealkylation sites (tertiary alicyclic amines) is 1. The number of para-hydroxylation sites is 1. The van der Waals surface area contributed by atoms with Gasteiger partial charge >= 0.3 is 0 Å². The van der Waals surface area contributed by atoms with Crippen LogP contribution in [0.25, 0.3) is 10.9 Å². The van der Waals surface area contributed by atoms with E-state index in [9.17, 15) is 13.2 Å². The summed E-state index contributed by atoms with van der Waals surface area (Å²) >= 11 is 0. The number of sulfone groups is 1. The summed E-state index contributed by atoms with van der Waals surface area (Å²) in [5.74, 6) is 1.86. The van der Waals surface area contributed by atoms with Crippen LogP contribution in [0.4, 0.5) is 0 Å². The number of rotatable bonds is 3. The fourth-order valence-corrected chi connectivity index (χ4v) is 5.91. The van der Waals surface area contributed by atoms with Gasteiger partial charge in [-0.3, -0.25) is 14.3 Å². The Morgan fingerprint density at radius 1 is 1.15 bits per heavy atom. The molecular formula is C19H25N3O3S. The van der Waals surface area contributed by atoms with Gasteiger partial charge in [0.2, 0.25) is 0 Å². The second-order valence-electron chi connectivity index (χ2n) is 7.60. The third kappa shape index (κ3) is 3.30. The molecule has 6 nitrogen and oxygen atoms in total. The van der Waals surface area contributed by atoms with E-state index in [1.807, 2.05) is 24.3 Å². The molecule has 1 atom stereocenters. The lowest BCUT2D eigenvalue weighted by Gasteiger charge is -2.31. The molecule has 0 radical (unpaired) electrons. The van der Waals surface area contributed by atoms with Gasteiger partial charge in [0.15, 0.2) is 0 Å². The van der Waals surface area contributed by atoms with Crippen molar-refractivity contribution in [1.29, 1.82) is 0 Å². The summed E-state index contributed by atoms with van der Waals surface area (Å²) < 4.78 is 25.0. The lowest BCUT2D eigenvalue weighted by Crippen LogP contribution is -2.36. The summed E-state index contributed by atoms with van der Waals surface area (Å²) in [7, 11) is -1.02. The molecule has 26 heavy (non-hydrogen) atoms. The first-order valence-corrected chi connectivity index (χ1v) is 11.2. The summed E-state index contributed by atoms with van der Waals surface area (Å²) in [4.78, 5) is 19.9. The molecule has 0 N–H and O–H groups in total. The third-order valence-electron chi connectivity index (χ3n) is 5.85. The highest BCUT2D eigenvalue weighted by molar-refractivity contribution is 7.91. The zero-order valence-corrected chi connectivity index (χ0v) is 15.9. The summed E-state index contributed by atoms with van der Waals surface area (Å²) in [5, 5.41) is 0.654. The van der Waals surface area contributed by atoms with E-state index in [1.165, 1.54) is 0 Å². The number of fused-ring (bicyclic) bond motifs is 1. The van der Waals surface area contributed by atoms with Crippen molar-refractivity contribution in [2.24, 2.45) is 13.0 Å². The van der Waals surface area contributed by atoms with Crippen LogP contribution < -0.4 is 5.56 Å². The molecule has 0 amide bonds. The van der Waals surface area contributed by atoms with Crippen molar-refractivity contribution in [3.8, 4) is 0 Å². The fourth-order valence-electron chi connectivity index (χ4n) is 4.32. The normalized spacial score (nSPS) is 24.3. The average molecular weight is 375 g/mol. The molecule has 0 saturated carbocycles. The lowest BCUT2D eigenvalue weighted by atomic mass is 10.0. The molecule has 0 aliphatic carbocycles. The Balaban J connectivity index is 1.60. The van der Waals surface area contributed by atoms with Crippen LogP contribution >= 0.6 is 0 Å². The van der Waals surface area contributed by atoms with Crippen LogP contribution in [-0.2, 0) is 16.9 Å². The molecule has 1 unspecified atom stereocenters. The summed E-state index contributed by atoms with van der Waals surface area (Å²) in [5.41, 5.74) is 0.752. The Bertz CT molecular complexity index is 969. The first-order chi connectivity index (χ1) is 12.4. The lowest BCUT2D eigenvalue weighted by molar-refractivity contribution is 0.198. The minimum absolute atomic E-state index is 0.00112. The summed E-state index contributed by atoms with van der Waals surface area (Å²) in [6.45, 7) is 1.87. The van der Waals surface area contributed by atoms with Crippen LogP contribution in [-0.4, -0.2) is 47.5 Å². The number of hydrogen-bond acceptors (Lipinski definition) is 5. The van der Waals surface area contributed by atoms with Gasteiger partial charge in [0.05, 0.1) is 28.5 Å². The quantitative estimate of drug-likeness (QED) is 0.819. The molecule has 2 aromatic rings. The van der Waals surface area contributed by atoms with E-state index in [0.29, 0.717) is 22.8 Å². The topological polar surface area (TPSA) is 72.3 Å². The predicted molar refractivity (Wildman–Crippen MR) is 102 cm³/mol. The van der Waals surface area contributed by atoms with Crippen molar-refractivity contribution in [3.63, 3.8) is 0 Å². The van der Waals surface area contributed by atoms with Crippen LogP contribution in [0.15, 0.2) is 29.1 Å². The van der Waals surface area contributed by atoms with E-state index in [1.54, 1.807) is 11.6 Å². The van der Waals surface area contributed by atoms with Crippen molar-refractivity contribution >= 4 is 20.7 Å². The SMILES string of the molecule is Cn1c(C2CCCN2CC2CCS(=O)(=O)CC2)nc2ccccc2c1=O. The first-order valence-electron chi connectivity index (χ1n) is 9.35. The fraction of sp³-hybridized carbons (Fsp3) is 0.579. The van der Waals surface area contributed by atoms with Crippen LogP contribution in [0.1, 0.15) is 37.5 Å². The maximum Gasteiger partial charge on any atom is 0.261 e. The Labute approximate surface area is 153 Å². The van der Waals surface area contributed by atoms with E-state index in [2.05, 4.69) is 4.90 Å². The Hall–Kier alpha value is -1.73. The van der Waals surface area contributed by atoms with Gasteiger partial charge in [0.1, 0.15) is 15.7 Å². The van der Waals surface area contributed by atoms with Gasteiger partial charge < -0.3 is 0 Å². The van der Waals surface area contributed by atoms with Gasteiger partial charge in [-0.25, -0.2) is 13.4 Å². The Kier molecular flexibility index (Phi) is 4.61. The molecule has 140 valence electrons. The van der Waals surface area contributed by atoms with Gasteiger partial charge in [-0.15, -0.1) is 0 Å². The molecular weight excluding hydrogens is 350 g/mol. The predicted octanol–water partition coefficient (Wildman–Crippen LogP) is 1.90. The molecule has 1 aromatic heterocycles. The molecule has 2 aliphatic heterocycles. The Morgan fingerprint density at radius 2 is 1.88 bits per heavy atom. The molecule has 7 heteroatoms. The number of benzene rings is 1. The van der Waals surface area contributed by atoms with Crippen LogP contribution in [0, 0.1) is 5.92 Å².